The van der Waals surface area contributed by atoms with E-state index in [1.807, 2.05) is 0 Å². The highest BCUT2D eigenvalue weighted by Gasteiger charge is 2.31. The summed E-state index contributed by atoms with van der Waals surface area (Å²) in [7, 11) is 0. The van der Waals surface area contributed by atoms with Crippen LogP contribution >= 0.6 is 24.8 Å². The Morgan fingerprint density at radius 3 is 2.28 bits per heavy atom. The van der Waals surface area contributed by atoms with Crippen molar-refractivity contribution in [2.45, 2.75) is 63.5 Å². The van der Waals surface area contributed by atoms with E-state index in [1.165, 1.54) is 25.9 Å². The van der Waals surface area contributed by atoms with Gasteiger partial charge < -0.3 is 20.3 Å². The molecular weight excluding hydrogens is 361 g/mol. The van der Waals surface area contributed by atoms with E-state index in [4.69, 9.17) is 10.5 Å². The first-order chi connectivity index (χ1) is 11.2. The maximum atomic E-state index is 12.6. The van der Waals surface area contributed by atoms with E-state index in [-0.39, 0.29) is 36.8 Å². The number of nitrogens with zero attached hydrogens (tertiary/aromatic N) is 2. The number of likely N-dealkylation sites (tertiary alicyclic amines) is 2. The van der Waals surface area contributed by atoms with Crippen LogP contribution in [-0.2, 0) is 9.53 Å². The van der Waals surface area contributed by atoms with Crippen molar-refractivity contribution in [3.8, 4) is 0 Å². The lowest BCUT2D eigenvalue weighted by Gasteiger charge is -2.36. The van der Waals surface area contributed by atoms with Gasteiger partial charge in [0.05, 0.1) is 12.7 Å². The van der Waals surface area contributed by atoms with Gasteiger partial charge in [0.15, 0.2) is 0 Å². The van der Waals surface area contributed by atoms with Crippen molar-refractivity contribution in [1.29, 1.82) is 0 Å². The average molecular weight is 396 g/mol. The molecule has 3 aliphatic rings. The molecule has 1 saturated carbocycles. The lowest BCUT2D eigenvalue weighted by Crippen LogP contribution is -2.45. The molecule has 0 aromatic rings. The Hall–Kier alpha value is -0.0700. The molecule has 0 bridgehead atoms. The van der Waals surface area contributed by atoms with Crippen LogP contribution in [0.4, 0.5) is 0 Å². The van der Waals surface area contributed by atoms with Crippen molar-refractivity contribution in [3.05, 3.63) is 0 Å². The lowest BCUT2D eigenvalue weighted by molar-refractivity contribution is -0.139. The number of nitrogens with two attached hydrogens (primary N) is 1. The normalized spacial score (nSPS) is 28.3. The zero-order chi connectivity index (χ0) is 16.1. The van der Waals surface area contributed by atoms with Gasteiger partial charge in [-0.25, -0.2) is 0 Å². The van der Waals surface area contributed by atoms with Crippen LogP contribution in [0.2, 0.25) is 0 Å². The Balaban J connectivity index is 0.00000156. The largest absolute Gasteiger partial charge is 0.377 e. The Morgan fingerprint density at radius 1 is 0.960 bits per heavy atom. The number of hydrogen-bond acceptors (Lipinski definition) is 4. The SMILES string of the molecule is Cl.Cl.NC1CCCC(C(=O)N2CCC(OCCN3CCCC3)CC2)C1. The zero-order valence-electron chi connectivity index (χ0n) is 15.2. The summed E-state index contributed by atoms with van der Waals surface area (Å²) in [4.78, 5) is 17.2. The second-order valence-electron chi connectivity index (χ2n) is 7.57. The van der Waals surface area contributed by atoms with E-state index < -0.39 is 0 Å². The Kier molecular flexibility index (Phi) is 10.7. The fourth-order valence-electron chi connectivity index (χ4n) is 4.31. The first-order valence-corrected chi connectivity index (χ1v) is 9.60. The second-order valence-corrected chi connectivity index (χ2v) is 7.57. The van der Waals surface area contributed by atoms with Crippen molar-refractivity contribution in [3.63, 3.8) is 0 Å². The standard InChI is InChI=1S/C18H33N3O2.2ClH/c19-16-5-3-4-15(14-16)18(22)21-10-6-17(7-11-21)23-13-12-20-8-1-2-9-20;;/h15-17H,1-14,19H2;2*1H. The monoisotopic (exact) mass is 395 g/mol. The molecule has 0 radical (unpaired) electrons. The summed E-state index contributed by atoms with van der Waals surface area (Å²) < 4.78 is 6.04. The zero-order valence-corrected chi connectivity index (χ0v) is 16.9. The van der Waals surface area contributed by atoms with Crippen LogP contribution in [-0.4, -0.2) is 67.2 Å². The van der Waals surface area contributed by atoms with E-state index in [2.05, 4.69) is 9.80 Å². The third-order valence-corrected chi connectivity index (χ3v) is 5.78. The molecular formula is C18H35Cl2N3O2. The number of carbonyl (C=O) groups excluding carboxylic acids is 1. The van der Waals surface area contributed by atoms with Crippen molar-refractivity contribution in [1.82, 2.24) is 9.80 Å². The first-order valence-electron chi connectivity index (χ1n) is 9.60. The number of halogens is 2. The third-order valence-electron chi connectivity index (χ3n) is 5.78. The van der Waals surface area contributed by atoms with Gasteiger partial charge in [-0.05, 0) is 58.0 Å². The van der Waals surface area contributed by atoms with Gasteiger partial charge in [0.2, 0.25) is 5.91 Å². The third kappa shape index (κ3) is 6.87. The molecule has 5 nitrogen and oxygen atoms in total. The highest BCUT2D eigenvalue weighted by Crippen LogP contribution is 2.26. The minimum atomic E-state index is 0. The van der Waals surface area contributed by atoms with Gasteiger partial charge in [-0.1, -0.05) is 6.42 Å². The smallest absolute Gasteiger partial charge is 0.225 e. The van der Waals surface area contributed by atoms with Crippen LogP contribution in [0.15, 0.2) is 0 Å². The minimum Gasteiger partial charge on any atom is -0.377 e. The van der Waals surface area contributed by atoms with E-state index >= 15 is 0 Å². The second kappa shape index (κ2) is 11.6. The predicted octanol–water partition coefficient (Wildman–Crippen LogP) is 2.45. The molecule has 3 fully saturated rings. The van der Waals surface area contributed by atoms with Gasteiger partial charge in [0, 0.05) is 31.6 Å². The Bertz CT molecular complexity index is 387. The van der Waals surface area contributed by atoms with Gasteiger partial charge >= 0.3 is 0 Å². The van der Waals surface area contributed by atoms with Crippen molar-refractivity contribution in [2.75, 3.05) is 39.3 Å². The lowest BCUT2D eigenvalue weighted by atomic mass is 9.85. The van der Waals surface area contributed by atoms with Crippen LogP contribution in [0.3, 0.4) is 0 Å². The number of amides is 1. The van der Waals surface area contributed by atoms with Crippen molar-refractivity contribution in [2.24, 2.45) is 11.7 Å². The molecule has 2 heterocycles. The molecule has 7 heteroatoms. The molecule has 1 amide bonds. The van der Waals surface area contributed by atoms with Crippen LogP contribution in [0.5, 0.6) is 0 Å². The van der Waals surface area contributed by atoms with Gasteiger partial charge in [0.25, 0.3) is 0 Å². The molecule has 2 atom stereocenters. The number of piperidine rings is 1. The highest BCUT2D eigenvalue weighted by atomic mass is 35.5. The molecule has 2 unspecified atom stereocenters. The van der Waals surface area contributed by atoms with E-state index in [0.29, 0.717) is 12.0 Å². The summed E-state index contributed by atoms with van der Waals surface area (Å²) in [5.74, 6) is 0.516. The summed E-state index contributed by atoms with van der Waals surface area (Å²) in [6, 6.07) is 0.226. The van der Waals surface area contributed by atoms with Crippen LogP contribution < -0.4 is 5.73 Å². The summed E-state index contributed by atoms with van der Waals surface area (Å²) in [6.07, 6.45) is 9.09. The minimum absolute atomic E-state index is 0. The maximum absolute atomic E-state index is 12.6. The summed E-state index contributed by atoms with van der Waals surface area (Å²) in [5.41, 5.74) is 6.03. The molecule has 1 aliphatic carbocycles. The fraction of sp³-hybridized carbons (Fsp3) is 0.944. The van der Waals surface area contributed by atoms with Gasteiger partial charge in [-0.3, -0.25) is 4.79 Å². The quantitative estimate of drug-likeness (QED) is 0.776. The van der Waals surface area contributed by atoms with E-state index in [1.54, 1.807) is 0 Å². The summed E-state index contributed by atoms with van der Waals surface area (Å²) >= 11 is 0. The molecule has 2 saturated heterocycles. The maximum Gasteiger partial charge on any atom is 0.225 e. The molecule has 0 aromatic heterocycles. The number of hydrogen-bond donors (Lipinski definition) is 1. The average Bonchev–Trinajstić information content (AvgIpc) is 3.08. The van der Waals surface area contributed by atoms with Crippen LogP contribution in [0.25, 0.3) is 0 Å². The molecule has 0 spiro atoms. The van der Waals surface area contributed by atoms with E-state index in [9.17, 15) is 4.79 Å². The van der Waals surface area contributed by atoms with Gasteiger partial charge in [-0.15, -0.1) is 24.8 Å². The van der Waals surface area contributed by atoms with Gasteiger partial charge in [-0.2, -0.15) is 0 Å². The molecule has 3 rings (SSSR count). The number of ether oxygens (including phenoxy) is 1. The molecule has 2 N–H and O–H groups in total. The summed E-state index contributed by atoms with van der Waals surface area (Å²) in [5, 5.41) is 0. The van der Waals surface area contributed by atoms with Gasteiger partial charge in [0.1, 0.15) is 0 Å². The molecule has 0 aromatic carbocycles. The van der Waals surface area contributed by atoms with E-state index in [0.717, 1.165) is 64.8 Å². The number of carbonyl (C=O) groups is 1. The van der Waals surface area contributed by atoms with Crippen LogP contribution in [0.1, 0.15) is 51.4 Å². The Labute approximate surface area is 164 Å². The van der Waals surface area contributed by atoms with Crippen molar-refractivity contribution >= 4 is 30.7 Å². The topological polar surface area (TPSA) is 58.8 Å². The Morgan fingerprint density at radius 2 is 1.64 bits per heavy atom. The predicted molar refractivity (Wildman–Crippen MR) is 106 cm³/mol. The fourth-order valence-corrected chi connectivity index (χ4v) is 4.31. The van der Waals surface area contributed by atoms with Crippen molar-refractivity contribution < 1.29 is 9.53 Å². The van der Waals surface area contributed by atoms with Crippen LogP contribution in [0, 0.1) is 5.92 Å². The first kappa shape index (κ1) is 23.0. The number of rotatable bonds is 5. The molecule has 2 aliphatic heterocycles. The highest BCUT2D eigenvalue weighted by molar-refractivity contribution is 5.85. The molecule has 25 heavy (non-hydrogen) atoms. The summed E-state index contributed by atoms with van der Waals surface area (Å²) in [6.45, 7) is 6.10. The molecule has 148 valence electrons.